The lowest BCUT2D eigenvalue weighted by atomic mass is 10.1. The van der Waals surface area contributed by atoms with E-state index in [-0.39, 0.29) is 11.1 Å². The molecule has 0 atom stereocenters. The number of nitrogens with zero attached hydrogens (tertiary/aromatic N) is 1. The molecule has 0 aliphatic heterocycles. The molecule has 0 bridgehead atoms. The molecule has 1 aromatic carbocycles. The molecule has 7 heteroatoms. The molecule has 1 aromatic rings. The first kappa shape index (κ1) is 15.0. The second-order valence-corrected chi connectivity index (χ2v) is 5.35. The highest BCUT2D eigenvalue weighted by atomic mass is 32.1. The second-order valence-electron chi connectivity index (χ2n) is 4.95. The summed E-state index contributed by atoms with van der Waals surface area (Å²) in [6, 6.07) is 2.66. The van der Waals surface area contributed by atoms with Gasteiger partial charge in [0.05, 0.1) is 6.21 Å². The Hall–Kier alpha value is -2.02. The van der Waals surface area contributed by atoms with Gasteiger partial charge < -0.3 is 20.6 Å². The first-order valence-electron chi connectivity index (χ1n) is 5.56. The zero-order valence-electron chi connectivity index (χ0n) is 10.9. The van der Waals surface area contributed by atoms with Crippen LogP contribution in [-0.2, 0) is 0 Å². The molecular formula is C12H17N3O3S. The lowest BCUT2D eigenvalue weighted by Gasteiger charge is -2.21. The molecule has 0 saturated heterocycles. The Labute approximate surface area is 116 Å². The zero-order valence-corrected chi connectivity index (χ0v) is 11.7. The lowest BCUT2D eigenvalue weighted by Crippen LogP contribution is -2.44. The smallest absolute Gasteiger partial charge is 0.200 e. The number of nitrogens with one attached hydrogen (secondary N) is 2. The third-order valence-corrected chi connectivity index (χ3v) is 2.21. The maximum atomic E-state index is 9.55. The van der Waals surface area contributed by atoms with E-state index in [0.717, 1.165) is 0 Å². The van der Waals surface area contributed by atoms with Crippen LogP contribution in [-0.4, -0.2) is 32.2 Å². The molecule has 0 aromatic heterocycles. The van der Waals surface area contributed by atoms with Gasteiger partial charge >= 0.3 is 0 Å². The van der Waals surface area contributed by atoms with Crippen molar-refractivity contribution in [3.05, 3.63) is 17.7 Å². The van der Waals surface area contributed by atoms with E-state index in [4.69, 9.17) is 17.3 Å². The predicted molar refractivity (Wildman–Crippen MR) is 77.7 cm³/mol. The number of benzene rings is 1. The number of hydrogen-bond donors (Lipinski definition) is 5. The molecule has 0 saturated carbocycles. The van der Waals surface area contributed by atoms with Crippen LogP contribution in [0, 0.1) is 0 Å². The third-order valence-electron chi connectivity index (χ3n) is 2.02. The third kappa shape index (κ3) is 4.63. The summed E-state index contributed by atoms with van der Waals surface area (Å²) in [5, 5.41) is 35.2. The van der Waals surface area contributed by atoms with Gasteiger partial charge in [-0.05, 0) is 45.1 Å². The number of rotatable bonds is 2. The summed E-state index contributed by atoms with van der Waals surface area (Å²) >= 11 is 5.01. The van der Waals surface area contributed by atoms with E-state index in [1.165, 1.54) is 18.3 Å². The van der Waals surface area contributed by atoms with Gasteiger partial charge in [0.25, 0.3) is 0 Å². The van der Waals surface area contributed by atoms with E-state index in [2.05, 4.69) is 15.8 Å². The fourth-order valence-corrected chi connectivity index (χ4v) is 1.58. The summed E-state index contributed by atoms with van der Waals surface area (Å²) in [6.45, 7) is 5.86. The summed E-state index contributed by atoms with van der Waals surface area (Å²) in [4.78, 5) is 0. The molecule has 0 unspecified atom stereocenters. The van der Waals surface area contributed by atoms with Crippen molar-refractivity contribution in [1.82, 2.24) is 10.7 Å². The van der Waals surface area contributed by atoms with Crippen molar-refractivity contribution in [1.29, 1.82) is 0 Å². The summed E-state index contributed by atoms with van der Waals surface area (Å²) in [7, 11) is 0. The van der Waals surface area contributed by atoms with Crippen LogP contribution >= 0.6 is 12.2 Å². The highest BCUT2D eigenvalue weighted by Crippen LogP contribution is 2.36. The van der Waals surface area contributed by atoms with Gasteiger partial charge in [0.2, 0.25) is 5.75 Å². The predicted octanol–water partition coefficient (Wildman–Crippen LogP) is 1.40. The SMILES string of the molecule is CC(C)(C)NC(=S)N/N=C/c1ccc(O)c(O)c1O. The Balaban J connectivity index is 2.68. The quantitative estimate of drug-likeness (QED) is 0.244. The van der Waals surface area contributed by atoms with Crippen molar-refractivity contribution < 1.29 is 15.3 Å². The molecule has 0 spiro atoms. The maximum Gasteiger partial charge on any atom is 0.200 e. The van der Waals surface area contributed by atoms with Crippen LogP contribution in [0.3, 0.4) is 0 Å². The van der Waals surface area contributed by atoms with Crippen molar-refractivity contribution in [3.8, 4) is 17.2 Å². The maximum absolute atomic E-state index is 9.55. The van der Waals surface area contributed by atoms with Gasteiger partial charge in [-0.15, -0.1) is 0 Å². The molecule has 1 rings (SSSR count). The van der Waals surface area contributed by atoms with Crippen molar-refractivity contribution in [2.24, 2.45) is 5.10 Å². The Morgan fingerprint density at radius 2 is 1.84 bits per heavy atom. The normalized spacial score (nSPS) is 11.5. The van der Waals surface area contributed by atoms with E-state index in [0.29, 0.717) is 5.11 Å². The van der Waals surface area contributed by atoms with E-state index in [1.807, 2.05) is 20.8 Å². The standard InChI is InChI=1S/C12H17N3O3S/c1-12(2,3)14-11(19)15-13-6-7-4-5-8(16)10(18)9(7)17/h4-6,16-18H,1-3H3,(H2,14,15,19)/b13-6+. The zero-order chi connectivity index (χ0) is 14.6. The molecule has 104 valence electrons. The Kier molecular flexibility index (Phi) is 4.55. The van der Waals surface area contributed by atoms with E-state index < -0.39 is 17.2 Å². The van der Waals surface area contributed by atoms with Crippen molar-refractivity contribution >= 4 is 23.5 Å². The molecule has 0 aliphatic rings. The highest BCUT2D eigenvalue weighted by Gasteiger charge is 2.11. The van der Waals surface area contributed by atoms with Gasteiger partial charge in [-0.1, -0.05) is 0 Å². The minimum atomic E-state index is -0.584. The van der Waals surface area contributed by atoms with Gasteiger partial charge in [0.1, 0.15) is 0 Å². The average molecular weight is 283 g/mol. The summed E-state index contributed by atoms with van der Waals surface area (Å²) in [6.07, 6.45) is 1.28. The number of thiocarbonyl (C=S) groups is 1. The molecule has 0 aliphatic carbocycles. The number of aromatic hydroxyl groups is 3. The number of phenolic OH excluding ortho intramolecular Hbond substituents is 3. The Morgan fingerprint density at radius 3 is 2.42 bits per heavy atom. The molecule has 0 amide bonds. The molecule has 0 fully saturated rings. The van der Waals surface area contributed by atoms with Crippen molar-refractivity contribution in [2.75, 3.05) is 0 Å². The molecule has 19 heavy (non-hydrogen) atoms. The van der Waals surface area contributed by atoms with E-state index in [9.17, 15) is 10.2 Å². The van der Waals surface area contributed by atoms with Crippen LogP contribution in [0.1, 0.15) is 26.3 Å². The Morgan fingerprint density at radius 1 is 1.21 bits per heavy atom. The minimum absolute atomic E-state index is 0.182. The summed E-state index contributed by atoms with van der Waals surface area (Å²) < 4.78 is 0. The molecule has 5 N–H and O–H groups in total. The number of hydrogen-bond acceptors (Lipinski definition) is 5. The lowest BCUT2D eigenvalue weighted by molar-refractivity contribution is 0.367. The van der Waals surface area contributed by atoms with E-state index >= 15 is 0 Å². The van der Waals surface area contributed by atoms with Gasteiger partial charge in [-0.25, -0.2) is 0 Å². The molecular weight excluding hydrogens is 266 g/mol. The minimum Gasteiger partial charge on any atom is -0.504 e. The van der Waals surface area contributed by atoms with E-state index in [1.54, 1.807) is 0 Å². The van der Waals surface area contributed by atoms with Crippen LogP contribution < -0.4 is 10.7 Å². The fourth-order valence-electron chi connectivity index (χ4n) is 1.22. The van der Waals surface area contributed by atoms with Gasteiger partial charge in [-0.2, -0.15) is 5.10 Å². The molecule has 0 radical (unpaired) electrons. The largest absolute Gasteiger partial charge is 0.504 e. The summed E-state index contributed by atoms with van der Waals surface area (Å²) in [5.74, 6) is -1.42. The monoisotopic (exact) mass is 283 g/mol. The molecule has 6 nitrogen and oxygen atoms in total. The average Bonchev–Trinajstić information content (AvgIpc) is 2.27. The topological polar surface area (TPSA) is 97.1 Å². The second kappa shape index (κ2) is 5.75. The van der Waals surface area contributed by atoms with Crippen LogP contribution in [0.5, 0.6) is 17.2 Å². The number of hydrazone groups is 1. The van der Waals surface area contributed by atoms with Crippen molar-refractivity contribution in [2.45, 2.75) is 26.3 Å². The first-order chi connectivity index (χ1) is 8.70. The summed E-state index contributed by atoms with van der Waals surface area (Å²) in [5.41, 5.74) is 2.65. The van der Waals surface area contributed by atoms with Crippen LogP contribution in [0.15, 0.2) is 17.2 Å². The first-order valence-corrected chi connectivity index (χ1v) is 5.96. The number of phenols is 3. The fraction of sp³-hybridized carbons (Fsp3) is 0.333. The van der Waals surface area contributed by atoms with Gasteiger partial charge in [0.15, 0.2) is 16.6 Å². The highest BCUT2D eigenvalue weighted by molar-refractivity contribution is 7.80. The molecule has 0 heterocycles. The Bertz CT molecular complexity index is 510. The van der Waals surface area contributed by atoms with Crippen LogP contribution in [0.2, 0.25) is 0 Å². The van der Waals surface area contributed by atoms with Gasteiger partial charge in [0, 0.05) is 11.1 Å². The van der Waals surface area contributed by atoms with Crippen molar-refractivity contribution in [3.63, 3.8) is 0 Å². The van der Waals surface area contributed by atoms with Gasteiger partial charge in [-0.3, -0.25) is 5.43 Å². The van der Waals surface area contributed by atoms with Crippen LogP contribution in [0.25, 0.3) is 0 Å². The van der Waals surface area contributed by atoms with Crippen LogP contribution in [0.4, 0.5) is 0 Å².